The van der Waals surface area contributed by atoms with Gasteiger partial charge in [-0.05, 0) is 25.1 Å². The summed E-state index contributed by atoms with van der Waals surface area (Å²) in [4.78, 5) is 27.8. The lowest BCUT2D eigenvalue weighted by Gasteiger charge is -2.34. The van der Waals surface area contributed by atoms with Gasteiger partial charge in [-0.2, -0.15) is 4.31 Å². The van der Waals surface area contributed by atoms with Gasteiger partial charge in [-0.3, -0.25) is 9.59 Å². The number of benzene rings is 1. The minimum absolute atomic E-state index is 0.0511. The lowest BCUT2D eigenvalue weighted by atomic mass is 10.1. The number of rotatable bonds is 3. The molecule has 2 aliphatic heterocycles. The van der Waals surface area contributed by atoms with Crippen molar-refractivity contribution in [2.45, 2.75) is 24.8 Å². The maximum Gasteiger partial charge on any atom is 0.254 e. The van der Waals surface area contributed by atoms with Gasteiger partial charge in [-0.15, -0.1) is 0 Å². The largest absolute Gasteiger partial charge is 0.340 e. The number of hydrogen-bond donors (Lipinski definition) is 1. The second kappa shape index (κ2) is 7.95. The van der Waals surface area contributed by atoms with Gasteiger partial charge in [0.2, 0.25) is 15.9 Å². The number of nitrogens with zero attached hydrogens (tertiary/aromatic N) is 3. The quantitative estimate of drug-likeness (QED) is 0.778. The predicted octanol–water partition coefficient (Wildman–Crippen LogP) is -0.0267. The van der Waals surface area contributed by atoms with Gasteiger partial charge in [0.25, 0.3) is 5.91 Å². The molecule has 0 aromatic heterocycles. The van der Waals surface area contributed by atoms with E-state index in [1.54, 1.807) is 21.9 Å². The van der Waals surface area contributed by atoms with Crippen LogP contribution >= 0.6 is 0 Å². The zero-order valence-corrected chi connectivity index (χ0v) is 16.5. The van der Waals surface area contributed by atoms with Crippen molar-refractivity contribution in [1.29, 1.82) is 0 Å². The molecule has 0 radical (unpaired) electrons. The molecule has 1 aromatic rings. The van der Waals surface area contributed by atoms with Crippen LogP contribution in [0.25, 0.3) is 0 Å². The van der Waals surface area contributed by atoms with Crippen LogP contribution in [0.3, 0.4) is 0 Å². The first-order chi connectivity index (χ1) is 12.8. The van der Waals surface area contributed by atoms with Crippen molar-refractivity contribution in [3.63, 3.8) is 0 Å². The first-order valence-corrected chi connectivity index (χ1v) is 10.6. The van der Waals surface area contributed by atoms with E-state index in [0.29, 0.717) is 25.2 Å². The first-order valence-electron chi connectivity index (χ1n) is 9.18. The van der Waals surface area contributed by atoms with Crippen molar-refractivity contribution in [2.24, 2.45) is 0 Å². The molecule has 9 heteroatoms. The van der Waals surface area contributed by atoms with Crippen molar-refractivity contribution in [3.05, 3.63) is 29.8 Å². The number of carbonyl (C=O) groups is 2. The third-order valence-corrected chi connectivity index (χ3v) is 7.06. The molecule has 3 rings (SSSR count). The van der Waals surface area contributed by atoms with Crippen LogP contribution in [-0.2, 0) is 14.8 Å². The topological polar surface area (TPSA) is 90.0 Å². The van der Waals surface area contributed by atoms with E-state index in [0.717, 1.165) is 13.1 Å². The summed E-state index contributed by atoms with van der Waals surface area (Å²) in [7, 11) is -3.70. The maximum absolute atomic E-state index is 13.0. The molecule has 2 fully saturated rings. The Bertz CT molecular complexity index is 818. The third-order valence-electron chi connectivity index (χ3n) is 5.16. The standard InChI is InChI=1S/C18H26N4O4S/c1-14-13-19-6-7-22(14)18(24)16-4-3-5-17(12-16)27(25,26)21-10-8-20(9-11-21)15(2)23/h3-5,12,14,19H,6-11,13H2,1-2H3/t14-/m1/s1. The molecule has 1 aromatic carbocycles. The van der Waals surface area contributed by atoms with Gasteiger partial charge in [0.1, 0.15) is 0 Å². The summed E-state index contributed by atoms with van der Waals surface area (Å²) in [5.41, 5.74) is 0.382. The summed E-state index contributed by atoms with van der Waals surface area (Å²) in [6, 6.07) is 6.31. The minimum Gasteiger partial charge on any atom is -0.340 e. The summed E-state index contributed by atoms with van der Waals surface area (Å²) in [5, 5.41) is 3.24. The van der Waals surface area contributed by atoms with E-state index in [9.17, 15) is 18.0 Å². The van der Waals surface area contributed by atoms with Crippen molar-refractivity contribution in [3.8, 4) is 0 Å². The van der Waals surface area contributed by atoms with E-state index in [4.69, 9.17) is 0 Å². The Morgan fingerprint density at radius 1 is 1.11 bits per heavy atom. The molecule has 148 valence electrons. The van der Waals surface area contributed by atoms with Crippen LogP contribution in [0.4, 0.5) is 0 Å². The molecule has 8 nitrogen and oxygen atoms in total. The predicted molar refractivity (Wildman–Crippen MR) is 101 cm³/mol. The Morgan fingerprint density at radius 2 is 1.81 bits per heavy atom. The highest BCUT2D eigenvalue weighted by Crippen LogP contribution is 2.20. The monoisotopic (exact) mass is 394 g/mol. The Hall–Kier alpha value is -1.97. The average molecular weight is 394 g/mol. The lowest BCUT2D eigenvalue weighted by molar-refractivity contribution is -0.129. The van der Waals surface area contributed by atoms with Crippen molar-refractivity contribution >= 4 is 21.8 Å². The third kappa shape index (κ3) is 4.15. The van der Waals surface area contributed by atoms with Crippen LogP contribution in [0.5, 0.6) is 0 Å². The Balaban J connectivity index is 1.78. The number of piperazine rings is 2. The molecule has 2 saturated heterocycles. The van der Waals surface area contributed by atoms with Crippen molar-refractivity contribution in [2.75, 3.05) is 45.8 Å². The summed E-state index contributed by atoms with van der Waals surface area (Å²) < 4.78 is 27.3. The lowest BCUT2D eigenvalue weighted by Crippen LogP contribution is -2.52. The molecular weight excluding hydrogens is 368 g/mol. The molecule has 0 unspecified atom stereocenters. The Morgan fingerprint density at radius 3 is 2.44 bits per heavy atom. The summed E-state index contributed by atoms with van der Waals surface area (Å²) in [6.07, 6.45) is 0. The average Bonchev–Trinajstić information content (AvgIpc) is 2.68. The molecule has 2 amide bonds. The van der Waals surface area contributed by atoms with Crippen LogP contribution in [0.2, 0.25) is 0 Å². The molecule has 0 spiro atoms. The van der Waals surface area contributed by atoms with E-state index in [1.807, 2.05) is 6.92 Å². The van der Waals surface area contributed by atoms with Crippen molar-refractivity contribution < 1.29 is 18.0 Å². The molecule has 0 aliphatic carbocycles. The highest BCUT2D eigenvalue weighted by molar-refractivity contribution is 7.89. The van der Waals surface area contributed by atoms with Gasteiger partial charge >= 0.3 is 0 Å². The maximum atomic E-state index is 13.0. The van der Waals surface area contributed by atoms with E-state index in [2.05, 4.69) is 5.32 Å². The summed E-state index contributed by atoms with van der Waals surface area (Å²) in [6.45, 7) is 6.79. The molecule has 0 saturated carbocycles. The van der Waals surface area contributed by atoms with Gasteiger partial charge < -0.3 is 15.1 Å². The first kappa shape index (κ1) is 19.8. The van der Waals surface area contributed by atoms with Crippen LogP contribution in [-0.4, -0.2) is 86.2 Å². The Kier molecular flexibility index (Phi) is 5.83. The van der Waals surface area contributed by atoms with Crippen LogP contribution in [0, 0.1) is 0 Å². The summed E-state index contributed by atoms with van der Waals surface area (Å²) >= 11 is 0. The Labute approximate surface area is 160 Å². The van der Waals surface area contributed by atoms with Gasteiger partial charge in [-0.25, -0.2) is 8.42 Å². The van der Waals surface area contributed by atoms with Gasteiger partial charge in [0.15, 0.2) is 0 Å². The van der Waals surface area contributed by atoms with E-state index >= 15 is 0 Å². The van der Waals surface area contributed by atoms with Crippen LogP contribution in [0.1, 0.15) is 24.2 Å². The van der Waals surface area contributed by atoms with E-state index in [1.165, 1.54) is 23.4 Å². The number of sulfonamides is 1. The molecule has 1 atom stereocenters. The number of carbonyl (C=O) groups excluding carboxylic acids is 2. The van der Waals surface area contributed by atoms with Gasteiger partial charge in [-0.1, -0.05) is 6.07 Å². The highest BCUT2D eigenvalue weighted by atomic mass is 32.2. The molecule has 1 N–H and O–H groups in total. The normalized spacial score (nSPS) is 21.9. The molecule has 2 aliphatic rings. The zero-order chi connectivity index (χ0) is 19.6. The van der Waals surface area contributed by atoms with Crippen molar-refractivity contribution in [1.82, 2.24) is 19.4 Å². The fraction of sp³-hybridized carbons (Fsp3) is 0.556. The number of nitrogens with one attached hydrogen (secondary N) is 1. The second-order valence-electron chi connectivity index (χ2n) is 6.99. The smallest absolute Gasteiger partial charge is 0.254 e. The highest BCUT2D eigenvalue weighted by Gasteiger charge is 2.30. The van der Waals surface area contributed by atoms with E-state index < -0.39 is 10.0 Å². The fourth-order valence-corrected chi connectivity index (χ4v) is 4.96. The summed E-state index contributed by atoms with van der Waals surface area (Å²) in [5.74, 6) is -0.202. The number of amides is 2. The van der Waals surface area contributed by atoms with Crippen LogP contribution in [0.15, 0.2) is 29.2 Å². The number of hydrogen-bond acceptors (Lipinski definition) is 5. The fourth-order valence-electron chi connectivity index (χ4n) is 3.49. The molecule has 0 bridgehead atoms. The minimum atomic E-state index is -3.70. The molecule has 2 heterocycles. The zero-order valence-electron chi connectivity index (χ0n) is 15.7. The van der Waals surface area contributed by atoms with Gasteiger partial charge in [0, 0.05) is 64.3 Å². The second-order valence-corrected chi connectivity index (χ2v) is 8.93. The molecule has 27 heavy (non-hydrogen) atoms. The SMILES string of the molecule is CC(=O)N1CCN(S(=O)(=O)c2cccc(C(=O)N3CCNC[C@H]3C)c2)CC1. The van der Waals surface area contributed by atoms with Crippen LogP contribution < -0.4 is 5.32 Å². The van der Waals surface area contributed by atoms with E-state index in [-0.39, 0.29) is 35.8 Å². The van der Waals surface area contributed by atoms with Gasteiger partial charge in [0.05, 0.1) is 4.90 Å². The molecular formula is C18H26N4O4S.